The van der Waals surface area contributed by atoms with Gasteiger partial charge in [-0.25, -0.2) is 4.99 Å². The van der Waals surface area contributed by atoms with Crippen LogP contribution in [0.1, 0.15) is 30.9 Å². The second-order valence-corrected chi connectivity index (χ2v) is 6.72. The predicted octanol–water partition coefficient (Wildman–Crippen LogP) is 3.51. The first kappa shape index (κ1) is 18.9. The second-order valence-electron chi connectivity index (χ2n) is 5.87. The average molecular weight is 348 g/mol. The van der Waals surface area contributed by atoms with Gasteiger partial charge in [-0.15, -0.1) is 11.8 Å². The van der Waals surface area contributed by atoms with Crippen LogP contribution in [0.3, 0.4) is 0 Å². The highest BCUT2D eigenvalue weighted by atomic mass is 32.2. The molecular weight excluding hydrogens is 318 g/mol. The molecule has 0 radical (unpaired) electrons. The first-order chi connectivity index (χ1) is 11.7. The first-order valence-corrected chi connectivity index (χ1v) is 9.86. The van der Waals surface area contributed by atoms with Crippen molar-refractivity contribution in [2.75, 3.05) is 32.6 Å². The number of aliphatic imine (C=N–C) groups is 1. The number of ether oxygens (including phenoxy) is 1. The summed E-state index contributed by atoms with van der Waals surface area (Å²) in [5, 5.41) is 6.76. The fourth-order valence-corrected chi connectivity index (χ4v) is 3.32. The summed E-state index contributed by atoms with van der Waals surface area (Å²) in [7, 11) is 0. The molecule has 4 nitrogen and oxygen atoms in total. The van der Waals surface area contributed by atoms with Crippen molar-refractivity contribution in [3.05, 3.63) is 41.0 Å². The summed E-state index contributed by atoms with van der Waals surface area (Å²) in [6.45, 7) is 8.30. The van der Waals surface area contributed by atoms with E-state index in [9.17, 15) is 0 Å². The van der Waals surface area contributed by atoms with Crippen LogP contribution in [-0.2, 0) is 11.3 Å². The Bertz CT molecular complexity index is 584. The van der Waals surface area contributed by atoms with Crippen LogP contribution in [0.2, 0.25) is 0 Å². The highest BCUT2D eigenvalue weighted by Gasteiger charge is 2.05. The van der Waals surface area contributed by atoms with Crippen molar-refractivity contribution in [3.8, 4) is 0 Å². The summed E-state index contributed by atoms with van der Waals surface area (Å²) in [6.07, 6.45) is 6.42. The molecule has 0 saturated heterocycles. The quantitative estimate of drug-likeness (QED) is 0.343. The van der Waals surface area contributed by atoms with E-state index in [2.05, 4.69) is 55.0 Å². The van der Waals surface area contributed by atoms with E-state index in [4.69, 9.17) is 9.73 Å². The molecule has 0 aromatic heterocycles. The molecule has 0 spiro atoms. The molecule has 0 unspecified atom stereocenters. The van der Waals surface area contributed by atoms with Gasteiger partial charge in [0.05, 0.1) is 19.8 Å². The number of nitrogens with one attached hydrogen (secondary N) is 2. The monoisotopic (exact) mass is 347 g/mol. The molecule has 1 aromatic rings. The zero-order valence-corrected chi connectivity index (χ0v) is 15.8. The van der Waals surface area contributed by atoms with E-state index in [1.807, 2.05) is 0 Å². The maximum atomic E-state index is 5.35. The fourth-order valence-electron chi connectivity index (χ4n) is 2.62. The van der Waals surface area contributed by atoms with Gasteiger partial charge in [0, 0.05) is 18.0 Å². The Morgan fingerprint density at radius 3 is 2.92 bits per heavy atom. The van der Waals surface area contributed by atoms with Crippen LogP contribution in [-0.4, -0.2) is 38.5 Å². The molecule has 132 valence electrons. The van der Waals surface area contributed by atoms with Crippen LogP contribution in [0.25, 0.3) is 0 Å². The topological polar surface area (TPSA) is 45.7 Å². The van der Waals surface area contributed by atoms with Crippen LogP contribution in [0.4, 0.5) is 0 Å². The van der Waals surface area contributed by atoms with Crippen LogP contribution in [0.5, 0.6) is 0 Å². The van der Waals surface area contributed by atoms with Crippen LogP contribution >= 0.6 is 11.8 Å². The number of thioether (sulfide) groups is 1. The smallest absolute Gasteiger partial charge is 0.191 e. The third-order valence-corrected chi connectivity index (χ3v) is 4.81. The molecular formula is C19H29N3OS. The van der Waals surface area contributed by atoms with Gasteiger partial charge in [0.25, 0.3) is 0 Å². The molecule has 1 heterocycles. The molecule has 2 rings (SSSR count). The largest absolute Gasteiger partial charge is 0.377 e. The average Bonchev–Trinajstić information content (AvgIpc) is 2.61. The Morgan fingerprint density at radius 2 is 2.21 bits per heavy atom. The summed E-state index contributed by atoms with van der Waals surface area (Å²) in [6, 6.07) is 6.57. The van der Waals surface area contributed by atoms with E-state index in [0.717, 1.165) is 45.1 Å². The van der Waals surface area contributed by atoms with Crippen molar-refractivity contribution in [1.82, 2.24) is 10.6 Å². The third-order valence-electron chi connectivity index (χ3n) is 3.99. The van der Waals surface area contributed by atoms with Gasteiger partial charge < -0.3 is 15.4 Å². The summed E-state index contributed by atoms with van der Waals surface area (Å²) >= 11 is 1.78. The van der Waals surface area contributed by atoms with Crippen LogP contribution in [0, 0.1) is 6.92 Å². The number of guanidine groups is 1. The minimum absolute atomic E-state index is 0.697. The fraction of sp³-hybridized carbons (Fsp3) is 0.526. The number of hydrogen-bond acceptors (Lipinski definition) is 3. The van der Waals surface area contributed by atoms with Crippen molar-refractivity contribution >= 4 is 17.7 Å². The second kappa shape index (κ2) is 10.4. The normalized spacial score (nSPS) is 15.1. The molecule has 0 amide bonds. The molecule has 1 aromatic carbocycles. The van der Waals surface area contributed by atoms with Gasteiger partial charge in [-0.05, 0) is 50.1 Å². The highest BCUT2D eigenvalue weighted by Crippen LogP contribution is 2.22. The summed E-state index contributed by atoms with van der Waals surface area (Å²) in [5.74, 6) is 0.887. The molecule has 0 aliphatic carbocycles. The number of rotatable bonds is 7. The maximum Gasteiger partial charge on any atom is 0.191 e. The Kier molecular flexibility index (Phi) is 8.19. The Labute approximate surface area is 150 Å². The standard InChI is InChI=1S/C19H29N3OS/c1-4-20-19(21-10-7-16-8-11-23-12-9-16)22-14-17-6-5-15(2)13-18(17)24-3/h5-6,8,13H,4,7,9-12,14H2,1-3H3,(H2,20,21,22). The van der Waals surface area contributed by atoms with Crippen molar-refractivity contribution in [2.24, 2.45) is 4.99 Å². The van der Waals surface area contributed by atoms with Crippen LogP contribution in [0.15, 0.2) is 39.7 Å². The predicted molar refractivity (Wildman–Crippen MR) is 104 cm³/mol. The van der Waals surface area contributed by atoms with Crippen molar-refractivity contribution in [2.45, 2.75) is 38.1 Å². The summed E-state index contributed by atoms with van der Waals surface area (Å²) < 4.78 is 5.35. The highest BCUT2D eigenvalue weighted by molar-refractivity contribution is 7.98. The van der Waals surface area contributed by atoms with Gasteiger partial charge in [0.15, 0.2) is 5.96 Å². The molecule has 0 bridgehead atoms. The third kappa shape index (κ3) is 6.21. The van der Waals surface area contributed by atoms with E-state index in [0.29, 0.717) is 6.54 Å². The Morgan fingerprint density at radius 1 is 1.33 bits per heavy atom. The van der Waals surface area contributed by atoms with E-state index in [1.165, 1.54) is 21.6 Å². The van der Waals surface area contributed by atoms with Gasteiger partial charge in [-0.2, -0.15) is 0 Å². The van der Waals surface area contributed by atoms with E-state index >= 15 is 0 Å². The van der Waals surface area contributed by atoms with E-state index in [-0.39, 0.29) is 0 Å². The number of benzene rings is 1. The molecule has 0 saturated carbocycles. The lowest BCUT2D eigenvalue weighted by atomic mass is 10.1. The Balaban J connectivity index is 1.91. The van der Waals surface area contributed by atoms with E-state index in [1.54, 1.807) is 11.8 Å². The zero-order valence-electron chi connectivity index (χ0n) is 15.0. The lowest BCUT2D eigenvalue weighted by Crippen LogP contribution is -2.38. The zero-order chi connectivity index (χ0) is 17.2. The van der Waals surface area contributed by atoms with E-state index < -0.39 is 0 Å². The molecule has 1 aliphatic rings. The number of hydrogen-bond donors (Lipinski definition) is 2. The summed E-state index contributed by atoms with van der Waals surface area (Å²) in [4.78, 5) is 6.05. The summed E-state index contributed by atoms with van der Waals surface area (Å²) in [5.41, 5.74) is 4.05. The molecule has 5 heteroatoms. The molecule has 0 fully saturated rings. The number of nitrogens with zero attached hydrogens (tertiary/aromatic N) is 1. The molecule has 0 atom stereocenters. The van der Waals surface area contributed by atoms with Gasteiger partial charge in [-0.3, -0.25) is 0 Å². The number of aryl methyl sites for hydroxylation is 1. The lowest BCUT2D eigenvalue weighted by molar-refractivity contribution is 0.153. The minimum Gasteiger partial charge on any atom is -0.377 e. The van der Waals surface area contributed by atoms with Gasteiger partial charge in [0.1, 0.15) is 0 Å². The van der Waals surface area contributed by atoms with Crippen molar-refractivity contribution in [1.29, 1.82) is 0 Å². The SMILES string of the molecule is CCNC(=NCc1ccc(C)cc1SC)NCCC1=CCOCC1. The Hall–Kier alpha value is -1.46. The van der Waals surface area contributed by atoms with Crippen LogP contribution < -0.4 is 10.6 Å². The first-order valence-electron chi connectivity index (χ1n) is 8.64. The van der Waals surface area contributed by atoms with Crippen molar-refractivity contribution in [3.63, 3.8) is 0 Å². The van der Waals surface area contributed by atoms with Crippen molar-refractivity contribution < 1.29 is 4.74 Å². The molecule has 24 heavy (non-hydrogen) atoms. The minimum atomic E-state index is 0.697. The molecule has 1 aliphatic heterocycles. The molecule has 2 N–H and O–H groups in total. The van der Waals surface area contributed by atoms with Gasteiger partial charge in [-0.1, -0.05) is 23.8 Å². The van der Waals surface area contributed by atoms with Gasteiger partial charge in [0.2, 0.25) is 0 Å². The maximum absolute atomic E-state index is 5.35. The van der Waals surface area contributed by atoms with Gasteiger partial charge >= 0.3 is 0 Å². The lowest BCUT2D eigenvalue weighted by Gasteiger charge is -2.15.